The summed E-state index contributed by atoms with van der Waals surface area (Å²) < 4.78 is 10.6. The first-order valence-electron chi connectivity index (χ1n) is 12.8. The molecule has 1 fully saturated rings. The fourth-order valence-corrected chi connectivity index (χ4v) is 5.11. The molecule has 0 radical (unpaired) electrons. The minimum atomic E-state index is -0.771. The number of Topliss-reactive ketones (excluding diaryl/α,β-unsaturated/α-hetero) is 1. The van der Waals surface area contributed by atoms with Crippen molar-refractivity contribution in [1.82, 2.24) is 9.80 Å². The number of likely N-dealkylation sites (tertiary alicyclic amines) is 1. The number of aliphatic hydroxyl groups is 1. The van der Waals surface area contributed by atoms with Crippen LogP contribution in [0.15, 0.2) is 48.0 Å². The van der Waals surface area contributed by atoms with Crippen LogP contribution in [0.2, 0.25) is 0 Å². The molecule has 0 spiro atoms. The van der Waals surface area contributed by atoms with Gasteiger partial charge in [0.2, 0.25) is 0 Å². The van der Waals surface area contributed by atoms with Crippen molar-refractivity contribution in [2.45, 2.75) is 45.8 Å². The average molecular weight is 507 g/mol. The van der Waals surface area contributed by atoms with Crippen LogP contribution in [0.5, 0.6) is 5.75 Å². The molecular weight excluding hydrogens is 472 g/mol. The highest BCUT2D eigenvalue weighted by Gasteiger charge is 2.46. The molecule has 1 N–H and O–H groups in total. The number of amides is 1. The number of methoxy groups -OCH3 is 1. The monoisotopic (exact) mass is 506 g/mol. The molecule has 196 valence electrons. The molecule has 2 heterocycles. The molecule has 0 unspecified atom stereocenters. The van der Waals surface area contributed by atoms with E-state index >= 15 is 0 Å². The molecule has 8 nitrogen and oxygen atoms in total. The standard InChI is InChI=1S/C29H34N2O6/c1-5-30(6-2)14-7-15-31-25(19-8-10-20(11-9-19)29(35)36-4)24(27(33)28(31)34)26(32)21-12-13-23-22(17-21)16-18(3)37-23/h8-13,17-18,25,32H,5-7,14-16H2,1-4H3/t18-,25+/m1/s1. The molecule has 1 saturated heterocycles. The normalized spacial score (nSPS) is 20.3. The van der Waals surface area contributed by atoms with Gasteiger partial charge in [-0.25, -0.2) is 4.79 Å². The van der Waals surface area contributed by atoms with Crippen LogP contribution in [0.4, 0.5) is 0 Å². The van der Waals surface area contributed by atoms with Crippen molar-refractivity contribution in [3.8, 4) is 5.75 Å². The van der Waals surface area contributed by atoms with Gasteiger partial charge in [0.1, 0.15) is 17.6 Å². The van der Waals surface area contributed by atoms with Gasteiger partial charge in [-0.15, -0.1) is 0 Å². The summed E-state index contributed by atoms with van der Waals surface area (Å²) >= 11 is 0. The van der Waals surface area contributed by atoms with Crippen LogP contribution in [0, 0.1) is 0 Å². The first kappa shape index (κ1) is 26.4. The van der Waals surface area contributed by atoms with Gasteiger partial charge in [0.25, 0.3) is 11.7 Å². The van der Waals surface area contributed by atoms with E-state index in [9.17, 15) is 19.5 Å². The lowest BCUT2D eigenvalue weighted by molar-refractivity contribution is -0.140. The van der Waals surface area contributed by atoms with Crippen molar-refractivity contribution in [2.24, 2.45) is 0 Å². The average Bonchev–Trinajstić information content (AvgIpc) is 3.41. The van der Waals surface area contributed by atoms with E-state index in [1.54, 1.807) is 36.4 Å². The van der Waals surface area contributed by atoms with Crippen LogP contribution in [-0.2, 0) is 20.7 Å². The number of nitrogens with zero attached hydrogens (tertiary/aromatic N) is 2. The predicted octanol–water partition coefficient (Wildman–Crippen LogP) is 3.95. The third-order valence-corrected chi connectivity index (χ3v) is 7.12. The zero-order valence-electron chi connectivity index (χ0n) is 21.8. The number of ketones is 1. The second kappa shape index (κ2) is 11.2. The van der Waals surface area contributed by atoms with Crippen LogP contribution in [-0.4, -0.2) is 72.0 Å². The molecule has 0 aliphatic carbocycles. The van der Waals surface area contributed by atoms with Gasteiger partial charge in [0, 0.05) is 18.5 Å². The van der Waals surface area contributed by atoms with Crippen molar-refractivity contribution in [3.05, 3.63) is 70.3 Å². The number of hydrogen-bond acceptors (Lipinski definition) is 7. The van der Waals surface area contributed by atoms with Crippen LogP contribution in [0.1, 0.15) is 60.3 Å². The lowest BCUT2D eigenvalue weighted by Gasteiger charge is -2.27. The van der Waals surface area contributed by atoms with Gasteiger partial charge in [-0.3, -0.25) is 9.59 Å². The Balaban J connectivity index is 1.74. The second-order valence-corrected chi connectivity index (χ2v) is 9.44. The van der Waals surface area contributed by atoms with Crippen LogP contribution in [0.3, 0.4) is 0 Å². The Labute approximate surface area is 217 Å². The SMILES string of the molecule is CCN(CC)CCCN1C(=O)C(=O)C(=C(O)c2ccc3c(c2)C[C@@H](C)O3)[C@@H]1c1ccc(C(=O)OC)cc1. The molecule has 37 heavy (non-hydrogen) atoms. The summed E-state index contributed by atoms with van der Waals surface area (Å²) in [6, 6.07) is 11.1. The Kier molecular flexibility index (Phi) is 7.97. The highest BCUT2D eigenvalue weighted by atomic mass is 16.5. The van der Waals surface area contributed by atoms with Gasteiger partial charge in [-0.1, -0.05) is 26.0 Å². The van der Waals surface area contributed by atoms with E-state index in [0.29, 0.717) is 36.1 Å². The van der Waals surface area contributed by atoms with E-state index in [4.69, 9.17) is 9.47 Å². The fraction of sp³-hybridized carbons (Fsp3) is 0.414. The molecule has 2 aliphatic heterocycles. The van der Waals surface area contributed by atoms with Gasteiger partial charge in [-0.2, -0.15) is 0 Å². The molecule has 0 aromatic heterocycles. The van der Waals surface area contributed by atoms with Crippen molar-refractivity contribution >= 4 is 23.4 Å². The number of hydrogen-bond donors (Lipinski definition) is 1. The van der Waals surface area contributed by atoms with Crippen molar-refractivity contribution in [1.29, 1.82) is 0 Å². The van der Waals surface area contributed by atoms with Crippen molar-refractivity contribution < 1.29 is 29.0 Å². The predicted molar refractivity (Wildman–Crippen MR) is 139 cm³/mol. The number of rotatable bonds is 9. The van der Waals surface area contributed by atoms with Crippen LogP contribution < -0.4 is 4.74 Å². The Morgan fingerprint density at radius 3 is 2.43 bits per heavy atom. The van der Waals surface area contributed by atoms with Crippen LogP contribution in [0.25, 0.3) is 5.76 Å². The highest BCUT2D eigenvalue weighted by molar-refractivity contribution is 6.46. The summed E-state index contributed by atoms with van der Waals surface area (Å²) in [5.74, 6) is -1.28. The molecule has 2 atom stereocenters. The van der Waals surface area contributed by atoms with Crippen molar-refractivity contribution in [2.75, 3.05) is 33.3 Å². The summed E-state index contributed by atoms with van der Waals surface area (Å²) in [7, 11) is 1.31. The lowest BCUT2D eigenvalue weighted by atomic mass is 9.94. The fourth-order valence-electron chi connectivity index (χ4n) is 5.11. The first-order valence-corrected chi connectivity index (χ1v) is 12.8. The number of fused-ring (bicyclic) bond motifs is 1. The maximum atomic E-state index is 13.3. The van der Waals surface area contributed by atoms with Gasteiger partial charge < -0.3 is 24.4 Å². The molecule has 2 aromatic carbocycles. The maximum Gasteiger partial charge on any atom is 0.337 e. The minimum Gasteiger partial charge on any atom is -0.507 e. The summed E-state index contributed by atoms with van der Waals surface area (Å²) in [5.41, 5.74) is 2.45. The van der Waals surface area contributed by atoms with E-state index in [1.165, 1.54) is 12.0 Å². The summed E-state index contributed by atoms with van der Waals surface area (Å²) in [4.78, 5) is 42.3. The van der Waals surface area contributed by atoms with Gasteiger partial charge in [-0.05, 0) is 74.4 Å². The number of esters is 1. The molecule has 0 bridgehead atoms. The topological polar surface area (TPSA) is 96.4 Å². The molecule has 2 aliphatic rings. The van der Waals surface area contributed by atoms with Crippen LogP contribution >= 0.6 is 0 Å². The highest BCUT2D eigenvalue weighted by Crippen LogP contribution is 2.40. The summed E-state index contributed by atoms with van der Waals surface area (Å²) in [6.07, 6.45) is 1.42. The largest absolute Gasteiger partial charge is 0.507 e. The second-order valence-electron chi connectivity index (χ2n) is 9.44. The van der Waals surface area contributed by atoms with E-state index in [1.807, 2.05) is 13.0 Å². The molecular formula is C29H34N2O6. The Hall–Kier alpha value is -3.65. The smallest absolute Gasteiger partial charge is 0.337 e. The zero-order chi connectivity index (χ0) is 26.7. The van der Waals surface area contributed by atoms with Gasteiger partial charge >= 0.3 is 5.97 Å². The third kappa shape index (κ3) is 5.25. The minimum absolute atomic E-state index is 0.0390. The molecule has 0 saturated carbocycles. The van der Waals surface area contributed by atoms with Gasteiger partial charge in [0.15, 0.2) is 0 Å². The molecule has 2 aromatic rings. The van der Waals surface area contributed by atoms with Crippen molar-refractivity contribution in [3.63, 3.8) is 0 Å². The molecule has 1 amide bonds. The number of carbonyl (C=O) groups excluding carboxylic acids is 3. The van der Waals surface area contributed by atoms with E-state index in [2.05, 4.69) is 18.7 Å². The lowest BCUT2D eigenvalue weighted by Crippen LogP contribution is -2.33. The number of benzene rings is 2. The summed E-state index contributed by atoms with van der Waals surface area (Å²) in [5, 5.41) is 11.4. The quantitative estimate of drug-likeness (QED) is 0.238. The Morgan fingerprint density at radius 1 is 1.11 bits per heavy atom. The number of ether oxygens (including phenoxy) is 2. The first-order chi connectivity index (χ1) is 17.8. The molecule has 4 rings (SSSR count). The zero-order valence-corrected chi connectivity index (χ0v) is 21.8. The van der Waals surface area contributed by atoms with E-state index in [-0.39, 0.29) is 17.4 Å². The Bertz CT molecular complexity index is 1220. The summed E-state index contributed by atoms with van der Waals surface area (Å²) in [6.45, 7) is 9.08. The molecule has 8 heteroatoms. The van der Waals surface area contributed by atoms with E-state index < -0.39 is 23.7 Å². The Morgan fingerprint density at radius 2 is 1.78 bits per heavy atom. The number of carbonyl (C=O) groups is 3. The third-order valence-electron chi connectivity index (χ3n) is 7.12. The van der Waals surface area contributed by atoms with Gasteiger partial charge in [0.05, 0.1) is 24.3 Å². The number of aliphatic hydroxyl groups excluding tert-OH is 1. The maximum absolute atomic E-state index is 13.3. The van der Waals surface area contributed by atoms with E-state index in [0.717, 1.165) is 30.9 Å².